The molecule has 0 amide bonds. The number of halogens is 1. The van der Waals surface area contributed by atoms with E-state index in [2.05, 4.69) is 10.1 Å². The molecule has 0 spiro atoms. The minimum atomic E-state index is 0.605. The molecular weight excluding hydrogens is 272 g/mol. The molecule has 0 fully saturated rings. The minimum absolute atomic E-state index is 0.605. The van der Waals surface area contributed by atoms with Crippen molar-refractivity contribution < 1.29 is 8.94 Å². The average Bonchev–Trinajstić information content (AvgIpc) is 2.92. The van der Waals surface area contributed by atoms with E-state index < -0.39 is 0 Å². The molecule has 18 heavy (non-hydrogen) atoms. The van der Waals surface area contributed by atoms with Crippen LogP contribution < -0.4 is 0 Å². The topological polar surface area (TPSA) is 52.1 Å². The van der Waals surface area contributed by atoms with E-state index in [1.807, 2.05) is 19.1 Å². The van der Waals surface area contributed by atoms with Crippen LogP contribution >= 0.6 is 23.4 Å². The number of aromatic nitrogens is 2. The Morgan fingerprint density at radius 3 is 3.00 bits per heavy atom. The Balaban J connectivity index is 1.78. The lowest BCUT2D eigenvalue weighted by Crippen LogP contribution is -1.78. The molecule has 0 aliphatic carbocycles. The summed E-state index contributed by atoms with van der Waals surface area (Å²) in [6.07, 6.45) is 0. The molecule has 0 unspecified atom stereocenters. The van der Waals surface area contributed by atoms with Crippen molar-refractivity contribution in [1.82, 2.24) is 10.1 Å². The summed E-state index contributed by atoms with van der Waals surface area (Å²) >= 11 is 7.37. The first-order valence-electron chi connectivity index (χ1n) is 5.32. The Morgan fingerprint density at radius 1 is 1.33 bits per heavy atom. The van der Waals surface area contributed by atoms with Gasteiger partial charge in [0.1, 0.15) is 11.3 Å². The first-order chi connectivity index (χ1) is 8.70. The van der Waals surface area contributed by atoms with E-state index in [0.29, 0.717) is 16.0 Å². The summed E-state index contributed by atoms with van der Waals surface area (Å²) in [7, 11) is 0. The summed E-state index contributed by atoms with van der Waals surface area (Å²) in [6.45, 7) is 1.86. The van der Waals surface area contributed by atoms with Gasteiger partial charge >= 0.3 is 0 Å². The molecule has 1 aromatic carbocycles. The van der Waals surface area contributed by atoms with Crippen LogP contribution in [0.5, 0.6) is 0 Å². The molecule has 0 aliphatic heterocycles. The lowest BCUT2D eigenvalue weighted by atomic mass is 10.3. The van der Waals surface area contributed by atoms with Gasteiger partial charge < -0.3 is 8.94 Å². The zero-order valence-electron chi connectivity index (χ0n) is 9.51. The summed E-state index contributed by atoms with van der Waals surface area (Å²) in [5.41, 5.74) is 2.37. The third-order valence-electron chi connectivity index (χ3n) is 2.35. The standard InChI is InChI=1S/C12H9ClN2O2S/c1-7-4-9(15-17-7)6-18-12-14-10-5-8(13)2-3-11(10)16-12/h2-5H,6H2,1H3. The van der Waals surface area contributed by atoms with Gasteiger partial charge in [-0.05, 0) is 25.1 Å². The van der Waals surface area contributed by atoms with Crippen LogP contribution in [0.25, 0.3) is 11.1 Å². The van der Waals surface area contributed by atoms with Gasteiger partial charge in [0.15, 0.2) is 5.58 Å². The molecule has 2 heterocycles. The Hall–Kier alpha value is -1.46. The highest BCUT2D eigenvalue weighted by atomic mass is 35.5. The van der Waals surface area contributed by atoms with Crippen molar-refractivity contribution in [2.24, 2.45) is 0 Å². The Bertz CT molecular complexity index is 692. The van der Waals surface area contributed by atoms with Crippen LogP contribution in [0.2, 0.25) is 5.02 Å². The largest absolute Gasteiger partial charge is 0.431 e. The zero-order chi connectivity index (χ0) is 12.5. The van der Waals surface area contributed by atoms with Gasteiger partial charge in [0.05, 0.1) is 5.69 Å². The second kappa shape index (κ2) is 4.66. The van der Waals surface area contributed by atoms with Crippen molar-refractivity contribution in [1.29, 1.82) is 0 Å². The molecular formula is C12H9ClN2O2S. The van der Waals surface area contributed by atoms with Gasteiger partial charge in [-0.3, -0.25) is 0 Å². The first kappa shape index (κ1) is 11.6. The van der Waals surface area contributed by atoms with E-state index in [-0.39, 0.29) is 0 Å². The molecule has 0 aliphatic rings. The maximum absolute atomic E-state index is 5.89. The molecule has 92 valence electrons. The molecule has 3 rings (SSSR count). The van der Waals surface area contributed by atoms with E-state index in [1.54, 1.807) is 12.1 Å². The molecule has 0 bridgehead atoms. The lowest BCUT2D eigenvalue weighted by Gasteiger charge is -1.89. The van der Waals surface area contributed by atoms with Gasteiger partial charge in [0.2, 0.25) is 0 Å². The molecule has 4 nitrogen and oxygen atoms in total. The van der Waals surface area contributed by atoms with Crippen LogP contribution in [0.1, 0.15) is 11.5 Å². The van der Waals surface area contributed by atoms with Gasteiger partial charge in [-0.1, -0.05) is 28.5 Å². The van der Waals surface area contributed by atoms with E-state index in [4.69, 9.17) is 20.5 Å². The third kappa shape index (κ3) is 2.37. The first-order valence-corrected chi connectivity index (χ1v) is 6.68. The van der Waals surface area contributed by atoms with Crippen molar-refractivity contribution >= 4 is 34.5 Å². The third-order valence-corrected chi connectivity index (χ3v) is 3.45. The van der Waals surface area contributed by atoms with Crippen molar-refractivity contribution in [3.8, 4) is 0 Å². The number of aryl methyl sites for hydroxylation is 1. The van der Waals surface area contributed by atoms with E-state index >= 15 is 0 Å². The number of hydrogen-bond acceptors (Lipinski definition) is 5. The van der Waals surface area contributed by atoms with Gasteiger partial charge in [-0.15, -0.1) is 0 Å². The second-order valence-electron chi connectivity index (χ2n) is 3.81. The van der Waals surface area contributed by atoms with Crippen molar-refractivity contribution in [2.45, 2.75) is 17.9 Å². The predicted molar refractivity (Wildman–Crippen MR) is 69.8 cm³/mol. The van der Waals surface area contributed by atoms with Gasteiger partial charge in [0, 0.05) is 16.8 Å². The van der Waals surface area contributed by atoms with Gasteiger partial charge in [0.25, 0.3) is 5.22 Å². The molecule has 6 heteroatoms. The van der Waals surface area contributed by atoms with Crippen LogP contribution in [-0.2, 0) is 5.75 Å². The second-order valence-corrected chi connectivity index (χ2v) is 5.17. The van der Waals surface area contributed by atoms with Crippen LogP contribution in [-0.4, -0.2) is 10.1 Å². The summed E-state index contributed by atoms with van der Waals surface area (Å²) < 4.78 is 10.6. The van der Waals surface area contributed by atoms with E-state index in [9.17, 15) is 0 Å². The number of thioether (sulfide) groups is 1. The number of benzene rings is 1. The van der Waals surface area contributed by atoms with Crippen LogP contribution in [0.15, 0.2) is 38.4 Å². The summed E-state index contributed by atoms with van der Waals surface area (Å²) in [6, 6.07) is 7.27. The maximum atomic E-state index is 5.89. The normalized spacial score (nSPS) is 11.2. The van der Waals surface area contributed by atoms with Crippen molar-refractivity contribution in [3.05, 3.63) is 40.7 Å². The number of rotatable bonds is 3. The van der Waals surface area contributed by atoms with E-state index in [0.717, 1.165) is 22.6 Å². The quantitative estimate of drug-likeness (QED) is 0.677. The Kier molecular flexibility index (Phi) is 3.01. The Morgan fingerprint density at radius 2 is 2.22 bits per heavy atom. The zero-order valence-corrected chi connectivity index (χ0v) is 11.1. The van der Waals surface area contributed by atoms with Gasteiger partial charge in [-0.25, -0.2) is 4.98 Å². The fourth-order valence-corrected chi connectivity index (χ4v) is 2.45. The highest BCUT2D eigenvalue weighted by molar-refractivity contribution is 7.98. The maximum Gasteiger partial charge on any atom is 0.257 e. The molecule has 0 N–H and O–H groups in total. The molecule has 0 radical (unpaired) electrons. The molecule has 0 saturated heterocycles. The number of oxazole rings is 1. The molecule has 0 saturated carbocycles. The predicted octanol–water partition coefficient (Wildman–Crippen LogP) is 4.07. The fraction of sp³-hybridized carbons (Fsp3) is 0.167. The smallest absolute Gasteiger partial charge is 0.257 e. The van der Waals surface area contributed by atoms with Crippen LogP contribution in [0.4, 0.5) is 0 Å². The van der Waals surface area contributed by atoms with Crippen molar-refractivity contribution in [3.63, 3.8) is 0 Å². The Labute approximate surface area is 112 Å². The fourth-order valence-electron chi connectivity index (χ4n) is 1.56. The van der Waals surface area contributed by atoms with Gasteiger partial charge in [-0.2, -0.15) is 0 Å². The average molecular weight is 281 g/mol. The summed E-state index contributed by atoms with van der Waals surface area (Å²) in [5.74, 6) is 1.47. The highest BCUT2D eigenvalue weighted by Gasteiger charge is 2.08. The molecule has 3 aromatic rings. The monoisotopic (exact) mass is 280 g/mol. The molecule has 0 atom stereocenters. The number of nitrogens with zero attached hydrogens (tertiary/aromatic N) is 2. The summed E-state index contributed by atoms with van der Waals surface area (Å²) in [4.78, 5) is 4.35. The van der Waals surface area contributed by atoms with Crippen molar-refractivity contribution in [2.75, 3.05) is 0 Å². The number of hydrogen-bond donors (Lipinski definition) is 0. The molecule has 2 aromatic heterocycles. The lowest BCUT2D eigenvalue weighted by molar-refractivity contribution is 0.392. The minimum Gasteiger partial charge on any atom is -0.431 e. The highest BCUT2D eigenvalue weighted by Crippen LogP contribution is 2.27. The summed E-state index contributed by atoms with van der Waals surface area (Å²) in [5, 5.41) is 5.17. The van der Waals surface area contributed by atoms with Crippen LogP contribution in [0.3, 0.4) is 0 Å². The van der Waals surface area contributed by atoms with E-state index in [1.165, 1.54) is 11.8 Å². The van der Waals surface area contributed by atoms with Crippen LogP contribution in [0, 0.1) is 6.92 Å². The SMILES string of the molecule is Cc1cc(CSc2nc3cc(Cl)ccc3o2)no1. The number of fused-ring (bicyclic) bond motifs is 1.